The van der Waals surface area contributed by atoms with Gasteiger partial charge < -0.3 is 9.64 Å². The Morgan fingerprint density at radius 1 is 1.12 bits per heavy atom. The van der Waals surface area contributed by atoms with Crippen LogP contribution in [0, 0.1) is 5.92 Å². The Morgan fingerprint density at radius 2 is 1.75 bits per heavy atom. The minimum absolute atomic E-state index is 0.534. The normalized spacial score (nSPS) is 14.4. The fourth-order valence-electron chi connectivity index (χ4n) is 1.86. The Bertz CT molecular complexity index is 380. The highest BCUT2D eigenvalue weighted by Crippen LogP contribution is 2.20. The van der Waals surface area contributed by atoms with Crippen LogP contribution in [0.2, 0.25) is 0 Å². The zero-order valence-corrected chi connectivity index (χ0v) is 9.76. The van der Waals surface area contributed by atoms with Crippen molar-refractivity contribution < 1.29 is 4.74 Å². The molecule has 0 fully saturated rings. The van der Waals surface area contributed by atoms with Gasteiger partial charge in [-0.15, -0.1) is 0 Å². The highest BCUT2D eigenvalue weighted by Gasteiger charge is 2.08. The molecule has 1 aromatic carbocycles. The molecule has 0 heterocycles. The molecule has 2 heteroatoms. The molecule has 16 heavy (non-hydrogen) atoms. The molecule has 1 aromatic rings. The minimum Gasteiger partial charge on any atom is -0.497 e. The number of methoxy groups -OCH3 is 1. The van der Waals surface area contributed by atoms with Crippen LogP contribution in [0.25, 0.3) is 0 Å². The molecule has 1 aliphatic rings. The molecule has 0 radical (unpaired) electrons. The Balaban J connectivity index is 1.99. The highest BCUT2D eigenvalue weighted by atomic mass is 16.5. The number of rotatable bonds is 4. The van der Waals surface area contributed by atoms with Crippen molar-refractivity contribution in [1.29, 1.82) is 0 Å². The third kappa shape index (κ3) is 2.45. The molecule has 0 atom stereocenters. The first-order valence-corrected chi connectivity index (χ1v) is 5.50. The van der Waals surface area contributed by atoms with E-state index in [0.29, 0.717) is 5.92 Å². The van der Waals surface area contributed by atoms with Crippen LogP contribution in [0.1, 0.15) is 0 Å². The van der Waals surface area contributed by atoms with Gasteiger partial charge in [-0.05, 0) is 24.3 Å². The van der Waals surface area contributed by atoms with Gasteiger partial charge in [0.2, 0.25) is 0 Å². The predicted molar refractivity (Wildman–Crippen MR) is 68.0 cm³/mol. The van der Waals surface area contributed by atoms with Crippen molar-refractivity contribution in [3.8, 4) is 5.75 Å². The molecular formula is C14H17NO. The summed E-state index contributed by atoms with van der Waals surface area (Å²) in [6.07, 6.45) is 8.65. The molecule has 0 aromatic heterocycles. The minimum atomic E-state index is 0.534. The van der Waals surface area contributed by atoms with E-state index in [-0.39, 0.29) is 0 Å². The second kappa shape index (κ2) is 4.88. The fraction of sp³-hybridized carbons (Fsp3) is 0.286. The third-order valence-corrected chi connectivity index (χ3v) is 2.83. The van der Waals surface area contributed by atoms with Gasteiger partial charge in [0, 0.05) is 25.2 Å². The molecule has 2 nitrogen and oxygen atoms in total. The van der Waals surface area contributed by atoms with Crippen molar-refractivity contribution in [3.63, 3.8) is 0 Å². The lowest BCUT2D eigenvalue weighted by Gasteiger charge is -2.21. The van der Waals surface area contributed by atoms with Crippen molar-refractivity contribution in [2.24, 2.45) is 5.92 Å². The number of benzene rings is 1. The maximum atomic E-state index is 5.14. The smallest absolute Gasteiger partial charge is 0.119 e. The highest BCUT2D eigenvalue weighted by molar-refractivity contribution is 5.48. The lowest BCUT2D eigenvalue weighted by atomic mass is 10.1. The van der Waals surface area contributed by atoms with Gasteiger partial charge >= 0.3 is 0 Å². The summed E-state index contributed by atoms with van der Waals surface area (Å²) in [5.74, 6) is 1.44. The van der Waals surface area contributed by atoms with Gasteiger partial charge in [-0.3, -0.25) is 0 Å². The van der Waals surface area contributed by atoms with E-state index in [2.05, 4.69) is 48.4 Å². The van der Waals surface area contributed by atoms with Crippen molar-refractivity contribution >= 4 is 5.69 Å². The van der Waals surface area contributed by atoms with Crippen molar-refractivity contribution in [2.45, 2.75) is 0 Å². The molecule has 0 aliphatic heterocycles. The first-order chi connectivity index (χ1) is 7.79. The Labute approximate surface area is 96.8 Å². The topological polar surface area (TPSA) is 12.5 Å². The van der Waals surface area contributed by atoms with Gasteiger partial charge in [0.05, 0.1) is 7.11 Å². The first-order valence-electron chi connectivity index (χ1n) is 5.50. The molecule has 0 amide bonds. The van der Waals surface area contributed by atoms with Crippen LogP contribution in [0.15, 0.2) is 48.6 Å². The fourth-order valence-corrected chi connectivity index (χ4v) is 1.86. The van der Waals surface area contributed by atoms with Crippen molar-refractivity contribution in [1.82, 2.24) is 0 Å². The standard InChI is InChI=1S/C14H17NO/c1-15(11-12-5-3-4-6-12)13-7-9-14(16-2)10-8-13/h3-10,12H,11H2,1-2H3. The quantitative estimate of drug-likeness (QED) is 0.765. The molecule has 0 saturated carbocycles. The van der Waals surface area contributed by atoms with Gasteiger partial charge in [-0.2, -0.15) is 0 Å². The van der Waals surface area contributed by atoms with E-state index in [1.165, 1.54) is 5.69 Å². The Kier molecular flexibility index (Phi) is 3.30. The monoisotopic (exact) mass is 215 g/mol. The third-order valence-electron chi connectivity index (χ3n) is 2.83. The second-order valence-corrected chi connectivity index (χ2v) is 4.01. The van der Waals surface area contributed by atoms with Gasteiger partial charge in [0.15, 0.2) is 0 Å². The number of hydrogen-bond acceptors (Lipinski definition) is 2. The maximum Gasteiger partial charge on any atom is 0.119 e. The SMILES string of the molecule is COc1ccc(N(C)CC2C=CC=C2)cc1. The van der Waals surface area contributed by atoms with Crippen LogP contribution in [0.3, 0.4) is 0 Å². The van der Waals surface area contributed by atoms with Gasteiger partial charge in [0.1, 0.15) is 5.75 Å². The Hall–Kier alpha value is -1.70. The van der Waals surface area contributed by atoms with Crippen LogP contribution in [-0.4, -0.2) is 20.7 Å². The summed E-state index contributed by atoms with van der Waals surface area (Å²) in [4.78, 5) is 2.25. The van der Waals surface area contributed by atoms with Gasteiger partial charge in [-0.25, -0.2) is 0 Å². The summed E-state index contributed by atoms with van der Waals surface area (Å²) < 4.78 is 5.14. The van der Waals surface area contributed by atoms with Crippen LogP contribution in [0.4, 0.5) is 5.69 Å². The molecule has 0 spiro atoms. The van der Waals surface area contributed by atoms with Crippen LogP contribution in [0.5, 0.6) is 5.75 Å². The number of ether oxygens (including phenoxy) is 1. The second-order valence-electron chi connectivity index (χ2n) is 4.01. The maximum absolute atomic E-state index is 5.14. The molecule has 0 bridgehead atoms. The van der Waals surface area contributed by atoms with Crippen LogP contribution in [-0.2, 0) is 0 Å². The van der Waals surface area contributed by atoms with E-state index in [4.69, 9.17) is 4.74 Å². The van der Waals surface area contributed by atoms with E-state index < -0.39 is 0 Å². The number of anilines is 1. The molecule has 2 rings (SSSR count). The first kappa shape index (κ1) is 10.8. The van der Waals surface area contributed by atoms with Crippen molar-refractivity contribution in [3.05, 3.63) is 48.6 Å². The summed E-state index contributed by atoms with van der Waals surface area (Å²) in [5, 5.41) is 0. The van der Waals surface area contributed by atoms with Crippen LogP contribution >= 0.6 is 0 Å². The number of nitrogens with zero attached hydrogens (tertiary/aromatic N) is 1. The van der Waals surface area contributed by atoms with Crippen LogP contribution < -0.4 is 9.64 Å². The largest absolute Gasteiger partial charge is 0.497 e. The van der Waals surface area contributed by atoms with Crippen molar-refractivity contribution in [2.75, 3.05) is 25.6 Å². The molecule has 84 valence electrons. The van der Waals surface area contributed by atoms with E-state index in [0.717, 1.165) is 12.3 Å². The Morgan fingerprint density at radius 3 is 2.31 bits per heavy atom. The average Bonchev–Trinajstić information content (AvgIpc) is 2.82. The predicted octanol–water partition coefficient (Wildman–Crippen LogP) is 2.87. The summed E-state index contributed by atoms with van der Waals surface area (Å²) in [5.41, 5.74) is 1.22. The molecule has 0 unspecified atom stereocenters. The van der Waals surface area contributed by atoms with Gasteiger partial charge in [-0.1, -0.05) is 24.3 Å². The number of hydrogen-bond donors (Lipinski definition) is 0. The van der Waals surface area contributed by atoms with E-state index >= 15 is 0 Å². The van der Waals surface area contributed by atoms with E-state index in [1.54, 1.807) is 7.11 Å². The van der Waals surface area contributed by atoms with Gasteiger partial charge in [0.25, 0.3) is 0 Å². The summed E-state index contributed by atoms with van der Waals surface area (Å²) >= 11 is 0. The lowest BCUT2D eigenvalue weighted by Crippen LogP contribution is -2.22. The zero-order chi connectivity index (χ0) is 11.4. The average molecular weight is 215 g/mol. The van der Waals surface area contributed by atoms with E-state index in [1.807, 2.05) is 12.1 Å². The van der Waals surface area contributed by atoms with E-state index in [9.17, 15) is 0 Å². The summed E-state index contributed by atoms with van der Waals surface area (Å²) in [6.45, 7) is 1.01. The summed E-state index contributed by atoms with van der Waals surface area (Å²) in [7, 11) is 3.80. The zero-order valence-electron chi connectivity index (χ0n) is 9.76. The molecule has 0 saturated heterocycles. The summed E-state index contributed by atoms with van der Waals surface area (Å²) in [6, 6.07) is 8.15. The molecule has 1 aliphatic carbocycles. The lowest BCUT2D eigenvalue weighted by molar-refractivity contribution is 0.415. The molecule has 0 N–H and O–H groups in total. The number of allylic oxidation sites excluding steroid dienone is 2. The molecular weight excluding hydrogens is 198 g/mol.